The number of aryl methyl sites for hydroxylation is 1. The number of rotatable bonds is 6. The van der Waals surface area contributed by atoms with Crippen LogP contribution in [0.25, 0.3) is 0 Å². The zero-order valence-electron chi connectivity index (χ0n) is 18.1. The molecule has 0 spiro atoms. The molecule has 33 heavy (non-hydrogen) atoms. The van der Waals surface area contributed by atoms with Gasteiger partial charge in [-0.1, -0.05) is 6.07 Å². The van der Waals surface area contributed by atoms with Gasteiger partial charge in [0, 0.05) is 41.9 Å². The summed E-state index contributed by atoms with van der Waals surface area (Å²) in [6, 6.07) is 9.85. The summed E-state index contributed by atoms with van der Waals surface area (Å²) in [5.41, 5.74) is 0.789. The summed E-state index contributed by atoms with van der Waals surface area (Å²) in [6.07, 6.45) is 1.53. The number of nitrogens with one attached hydrogen (secondary N) is 1. The fourth-order valence-electron chi connectivity index (χ4n) is 4.10. The van der Waals surface area contributed by atoms with E-state index in [1.807, 2.05) is 0 Å². The molecule has 10 nitrogen and oxygen atoms in total. The lowest BCUT2D eigenvalue weighted by atomic mass is 9.96. The van der Waals surface area contributed by atoms with Gasteiger partial charge in [0.15, 0.2) is 6.29 Å². The molecule has 2 aromatic carbocycles. The lowest BCUT2D eigenvalue weighted by Gasteiger charge is -2.34. The smallest absolute Gasteiger partial charge is 0.273 e. The number of anilines is 1. The molecular formula is C22H25N3O7S. The molecule has 2 aliphatic rings. The number of sulfonamides is 1. The predicted octanol–water partition coefficient (Wildman–Crippen LogP) is 2.93. The highest BCUT2D eigenvalue weighted by Crippen LogP contribution is 2.27. The SMILES string of the molecule is Cc1ccc(S(=O)(=O)Nc2ccc(C(=O)N3CCCC(C4OCCO4)C3)cc2)cc1[N+](=O)[O-]. The number of nitro benzene ring substituents is 1. The van der Waals surface area contributed by atoms with E-state index in [4.69, 9.17) is 9.47 Å². The van der Waals surface area contributed by atoms with Crippen molar-refractivity contribution >= 4 is 27.3 Å². The summed E-state index contributed by atoms with van der Waals surface area (Å²) < 4.78 is 38.9. The molecule has 2 heterocycles. The van der Waals surface area contributed by atoms with Crippen molar-refractivity contribution in [1.29, 1.82) is 0 Å². The third kappa shape index (κ3) is 5.15. The van der Waals surface area contributed by atoms with Crippen molar-refractivity contribution in [2.24, 2.45) is 5.92 Å². The third-order valence-corrected chi connectivity index (χ3v) is 7.23. The van der Waals surface area contributed by atoms with Gasteiger partial charge in [0.1, 0.15) is 0 Å². The van der Waals surface area contributed by atoms with Gasteiger partial charge in [-0.2, -0.15) is 0 Å². The van der Waals surface area contributed by atoms with E-state index in [-0.39, 0.29) is 34.4 Å². The molecule has 1 unspecified atom stereocenters. The van der Waals surface area contributed by atoms with Crippen LogP contribution in [0, 0.1) is 23.0 Å². The van der Waals surface area contributed by atoms with Crippen molar-refractivity contribution < 1.29 is 27.6 Å². The number of piperidine rings is 1. The second-order valence-electron chi connectivity index (χ2n) is 8.15. The maximum atomic E-state index is 13.0. The second-order valence-corrected chi connectivity index (χ2v) is 9.83. The normalized spacial score (nSPS) is 19.4. The molecule has 1 atom stereocenters. The van der Waals surface area contributed by atoms with Crippen molar-refractivity contribution in [3.8, 4) is 0 Å². The minimum absolute atomic E-state index is 0.134. The Morgan fingerprint density at radius 1 is 1.15 bits per heavy atom. The van der Waals surface area contributed by atoms with Crippen LogP contribution in [-0.4, -0.2) is 56.7 Å². The second kappa shape index (κ2) is 9.46. The van der Waals surface area contributed by atoms with Crippen molar-refractivity contribution in [2.45, 2.75) is 31.0 Å². The minimum atomic E-state index is -4.03. The third-order valence-electron chi connectivity index (χ3n) is 5.85. The minimum Gasteiger partial charge on any atom is -0.350 e. The Morgan fingerprint density at radius 3 is 2.52 bits per heavy atom. The molecule has 0 radical (unpaired) electrons. The van der Waals surface area contributed by atoms with Gasteiger partial charge in [0.05, 0.1) is 23.0 Å². The number of carbonyl (C=O) groups excluding carboxylic acids is 1. The average Bonchev–Trinajstić information content (AvgIpc) is 3.34. The number of hydrogen-bond donors (Lipinski definition) is 1. The molecule has 2 saturated heterocycles. The molecule has 1 N–H and O–H groups in total. The van der Waals surface area contributed by atoms with Gasteiger partial charge in [-0.25, -0.2) is 8.42 Å². The number of benzene rings is 2. The van der Waals surface area contributed by atoms with Crippen LogP contribution >= 0.6 is 0 Å². The van der Waals surface area contributed by atoms with E-state index in [9.17, 15) is 23.3 Å². The van der Waals surface area contributed by atoms with E-state index < -0.39 is 14.9 Å². The molecule has 2 aromatic rings. The first-order valence-corrected chi connectivity index (χ1v) is 12.1. The molecule has 4 rings (SSSR count). The van der Waals surface area contributed by atoms with E-state index in [0.29, 0.717) is 37.4 Å². The predicted molar refractivity (Wildman–Crippen MR) is 119 cm³/mol. The highest BCUT2D eigenvalue weighted by molar-refractivity contribution is 7.92. The van der Waals surface area contributed by atoms with Gasteiger partial charge in [-0.05, 0) is 50.1 Å². The Bertz CT molecular complexity index is 1150. The largest absolute Gasteiger partial charge is 0.350 e. The summed E-state index contributed by atoms with van der Waals surface area (Å²) in [4.78, 5) is 25.0. The van der Waals surface area contributed by atoms with Crippen LogP contribution < -0.4 is 4.72 Å². The molecule has 0 saturated carbocycles. The molecule has 0 aliphatic carbocycles. The number of ether oxygens (including phenoxy) is 2. The number of hydrogen-bond acceptors (Lipinski definition) is 7. The fraction of sp³-hybridized carbons (Fsp3) is 0.409. The van der Waals surface area contributed by atoms with Crippen molar-refractivity contribution in [1.82, 2.24) is 4.90 Å². The van der Waals surface area contributed by atoms with Crippen LogP contribution in [0.1, 0.15) is 28.8 Å². The average molecular weight is 476 g/mol. The Kier molecular flexibility index (Phi) is 6.63. The molecule has 176 valence electrons. The molecule has 0 bridgehead atoms. The van der Waals surface area contributed by atoms with Gasteiger partial charge < -0.3 is 14.4 Å². The maximum Gasteiger partial charge on any atom is 0.273 e. The van der Waals surface area contributed by atoms with Gasteiger partial charge in [-0.15, -0.1) is 0 Å². The summed E-state index contributed by atoms with van der Waals surface area (Å²) in [7, 11) is -4.03. The topological polar surface area (TPSA) is 128 Å². The Morgan fingerprint density at radius 2 is 1.85 bits per heavy atom. The van der Waals surface area contributed by atoms with E-state index >= 15 is 0 Å². The number of nitrogens with zero attached hydrogens (tertiary/aromatic N) is 2. The highest BCUT2D eigenvalue weighted by atomic mass is 32.2. The first-order chi connectivity index (χ1) is 15.7. The molecule has 1 amide bonds. The summed E-state index contributed by atoms with van der Waals surface area (Å²) in [6.45, 7) is 3.87. The summed E-state index contributed by atoms with van der Waals surface area (Å²) in [5, 5.41) is 11.1. The van der Waals surface area contributed by atoms with Crippen LogP contribution in [0.15, 0.2) is 47.4 Å². The van der Waals surface area contributed by atoms with Crippen molar-refractivity contribution in [3.63, 3.8) is 0 Å². The quantitative estimate of drug-likeness (QED) is 0.502. The molecule has 0 aromatic heterocycles. The first kappa shape index (κ1) is 23.1. The van der Waals surface area contributed by atoms with Crippen LogP contribution in [0.5, 0.6) is 0 Å². The van der Waals surface area contributed by atoms with Gasteiger partial charge in [-0.3, -0.25) is 19.6 Å². The van der Waals surface area contributed by atoms with E-state index in [2.05, 4.69) is 4.72 Å². The molecule has 2 aliphatic heterocycles. The summed E-state index contributed by atoms with van der Waals surface area (Å²) in [5.74, 6) is -0.00360. The summed E-state index contributed by atoms with van der Waals surface area (Å²) >= 11 is 0. The zero-order chi connectivity index (χ0) is 23.6. The first-order valence-electron chi connectivity index (χ1n) is 10.6. The number of amides is 1. The van der Waals surface area contributed by atoms with Crippen LogP contribution in [0.4, 0.5) is 11.4 Å². The lowest BCUT2D eigenvalue weighted by molar-refractivity contribution is -0.385. The zero-order valence-corrected chi connectivity index (χ0v) is 18.9. The Balaban J connectivity index is 1.44. The van der Waals surface area contributed by atoms with E-state index in [0.717, 1.165) is 18.9 Å². The van der Waals surface area contributed by atoms with Crippen LogP contribution in [-0.2, 0) is 19.5 Å². The van der Waals surface area contributed by atoms with E-state index in [1.165, 1.54) is 31.2 Å². The highest BCUT2D eigenvalue weighted by Gasteiger charge is 2.33. The van der Waals surface area contributed by atoms with Crippen LogP contribution in [0.2, 0.25) is 0 Å². The Labute approximate surface area is 191 Å². The van der Waals surface area contributed by atoms with Crippen LogP contribution in [0.3, 0.4) is 0 Å². The molecular weight excluding hydrogens is 450 g/mol. The van der Waals surface area contributed by atoms with Crippen molar-refractivity contribution in [2.75, 3.05) is 31.0 Å². The van der Waals surface area contributed by atoms with Crippen molar-refractivity contribution in [3.05, 3.63) is 63.7 Å². The Hall–Kier alpha value is -3.02. The molecule has 2 fully saturated rings. The number of nitro groups is 1. The monoisotopic (exact) mass is 475 g/mol. The van der Waals surface area contributed by atoms with Gasteiger partial charge in [0.25, 0.3) is 21.6 Å². The number of likely N-dealkylation sites (tertiary alicyclic amines) is 1. The lowest BCUT2D eigenvalue weighted by Crippen LogP contribution is -2.43. The maximum absolute atomic E-state index is 13.0. The standard InChI is InChI=1S/C22H25N3O7S/c1-15-4-9-19(13-20(15)25(27)28)33(29,30)23-18-7-5-16(6-8-18)21(26)24-10-2-3-17(14-24)22-31-11-12-32-22/h4-9,13,17,22-23H,2-3,10-12,14H2,1H3. The van der Waals surface area contributed by atoms with E-state index in [1.54, 1.807) is 17.0 Å². The molecule has 11 heteroatoms. The number of carbonyl (C=O) groups is 1. The fourth-order valence-corrected chi connectivity index (χ4v) is 5.17. The van der Waals surface area contributed by atoms with Gasteiger partial charge in [0.2, 0.25) is 0 Å². The van der Waals surface area contributed by atoms with Gasteiger partial charge >= 0.3 is 0 Å².